The monoisotopic (exact) mass is 150 g/mol. The van der Waals surface area contributed by atoms with Crippen LogP contribution in [0.1, 0.15) is 6.92 Å². The molecule has 1 amide bonds. The number of hydrogen-bond acceptors (Lipinski definition) is 2. The molecule has 9 heavy (non-hydrogen) atoms. The maximum absolute atomic E-state index is 10.2. The second-order valence-electron chi connectivity index (χ2n) is 1.68. The molecule has 0 fully saturated rings. The van der Waals surface area contributed by atoms with Crippen molar-refractivity contribution in [2.75, 3.05) is 0 Å². The first-order valence-electron chi connectivity index (χ1n) is 2.30. The quantitative estimate of drug-likeness (QED) is 0.536. The number of nitrogens with two attached hydrogens (primary N) is 2. The third-order valence-electron chi connectivity index (χ3n) is 0.866. The summed E-state index contributed by atoms with van der Waals surface area (Å²) in [4.78, 5) is 10.2. The third-order valence-corrected chi connectivity index (χ3v) is 0.866. The number of primary amides is 1. The van der Waals surface area contributed by atoms with Gasteiger partial charge in [-0.05, 0) is 6.92 Å². The molecule has 0 radical (unpaired) electrons. The molecule has 0 saturated heterocycles. The van der Waals surface area contributed by atoms with Crippen LogP contribution in [0.3, 0.4) is 0 Å². The molecular weight excluding hydrogens is 140 g/mol. The molecule has 4 N–H and O–H groups in total. The summed E-state index contributed by atoms with van der Waals surface area (Å²) in [5.74, 6) is -0.528. The highest BCUT2D eigenvalue weighted by Gasteiger charge is 2.04. The summed E-state index contributed by atoms with van der Waals surface area (Å²) in [6.07, 6.45) is 0. The molecule has 0 rings (SSSR count). The zero-order chi connectivity index (χ0) is 6.73. The molecule has 0 aromatic heterocycles. The largest absolute Gasteiger partial charge is 0.366 e. The summed E-state index contributed by atoms with van der Waals surface area (Å²) >= 11 is 0. The minimum absolute atomic E-state index is 0. The summed E-state index contributed by atoms with van der Waals surface area (Å²) in [6.45, 7) is 5.01. The van der Waals surface area contributed by atoms with Gasteiger partial charge in [0.25, 0.3) is 0 Å². The molecule has 1 atom stereocenters. The molecular formula is C5H11ClN2O. The second-order valence-corrected chi connectivity index (χ2v) is 1.68. The van der Waals surface area contributed by atoms with Gasteiger partial charge in [-0.1, -0.05) is 6.58 Å². The van der Waals surface area contributed by atoms with E-state index in [1.54, 1.807) is 6.92 Å². The Morgan fingerprint density at radius 1 is 1.67 bits per heavy atom. The third kappa shape index (κ3) is 4.00. The Morgan fingerprint density at radius 2 is 2.00 bits per heavy atom. The summed E-state index contributed by atoms with van der Waals surface area (Å²) < 4.78 is 0. The van der Waals surface area contributed by atoms with E-state index in [1.165, 1.54) is 0 Å². The predicted molar refractivity (Wildman–Crippen MR) is 39.2 cm³/mol. The van der Waals surface area contributed by atoms with Crippen LogP contribution in [0, 0.1) is 0 Å². The highest BCUT2D eigenvalue weighted by molar-refractivity contribution is 5.92. The first kappa shape index (κ1) is 11.3. The summed E-state index contributed by atoms with van der Waals surface area (Å²) in [5.41, 5.74) is 10.3. The Labute approximate surface area is 60.5 Å². The lowest BCUT2D eigenvalue weighted by molar-refractivity contribution is -0.114. The van der Waals surface area contributed by atoms with Gasteiger partial charge < -0.3 is 11.5 Å². The molecule has 54 valence electrons. The Hall–Kier alpha value is -0.540. The molecule has 0 heterocycles. The van der Waals surface area contributed by atoms with E-state index in [1.807, 2.05) is 0 Å². The van der Waals surface area contributed by atoms with Crippen LogP contribution < -0.4 is 11.5 Å². The molecule has 0 aliphatic heterocycles. The van der Waals surface area contributed by atoms with Crippen molar-refractivity contribution in [1.29, 1.82) is 0 Å². The molecule has 0 bridgehead atoms. The van der Waals surface area contributed by atoms with Crippen molar-refractivity contribution in [3.63, 3.8) is 0 Å². The van der Waals surface area contributed by atoms with E-state index < -0.39 is 5.91 Å². The topological polar surface area (TPSA) is 69.1 Å². The number of carbonyl (C=O) groups excluding carboxylic acids is 1. The fraction of sp³-hybridized carbons (Fsp3) is 0.400. The van der Waals surface area contributed by atoms with Crippen molar-refractivity contribution in [3.05, 3.63) is 12.2 Å². The molecule has 0 aliphatic carbocycles. The minimum Gasteiger partial charge on any atom is -0.366 e. The van der Waals surface area contributed by atoms with E-state index in [0.29, 0.717) is 0 Å². The lowest BCUT2D eigenvalue weighted by atomic mass is 10.1. The van der Waals surface area contributed by atoms with Crippen LogP contribution >= 0.6 is 12.4 Å². The lowest BCUT2D eigenvalue weighted by Gasteiger charge is -2.02. The van der Waals surface area contributed by atoms with E-state index in [2.05, 4.69) is 6.58 Å². The Morgan fingerprint density at radius 3 is 2.00 bits per heavy atom. The van der Waals surface area contributed by atoms with Gasteiger partial charge in [0.2, 0.25) is 5.91 Å². The SMILES string of the molecule is C=C(C(N)=O)C(C)N.Cl. The van der Waals surface area contributed by atoms with Crippen LogP contribution in [-0.4, -0.2) is 11.9 Å². The number of halogens is 1. The van der Waals surface area contributed by atoms with Crippen molar-refractivity contribution >= 4 is 18.3 Å². The van der Waals surface area contributed by atoms with Gasteiger partial charge >= 0.3 is 0 Å². The van der Waals surface area contributed by atoms with E-state index >= 15 is 0 Å². The number of rotatable bonds is 2. The highest BCUT2D eigenvalue weighted by Crippen LogP contribution is 1.91. The van der Waals surface area contributed by atoms with Crippen molar-refractivity contribution in [2.45, 2.75) is 13.0 Å². The summed E-state index contributed by atoms with van der Waals surface area (Å²) in [6, 6.07) is -0.326. The van der Waals surface area contributed by atoms with Gasteiger partial charge in [0.15, 0.2) is 0 Å². The molecule has 0 aromatic rings. The van der Waals surface area contributed by atoms with Crippen LogP contribution in [0.2, 0.25) is 0 Å². The predicted octanol–water partition coefficient (Wildman–Crippen LogP) is -0.203. The van der Waals surface area contributed by atoms with Crippen LogP contribution in [0.25, 0.3) is 0 Å². The van der Waals surface area contributed by atoms with E-state index in [0.717, 1.165) is 0 Å². The van der Waals surface area contributed by atoms with Crippen LogP contribution in [0.5, 0.6) is 0 Å². The number of carbonyl (C=O) groups is 1. The summed E-state index contributed by atoms with van der Waals surface area (Å²) in [7, 11) is 0. The van der Waals surface area contributed by atoms with Gasteiger partial charge in [-0.2, -0.15) is 0 Å². The summed E-state index contributed by atoms with van der Waals surface area (Å²) in [5, 5.41) is 0. The van der Waals surface area contributed by atoms with E-state index in [4.69, 9.17) is 11.5 Å². The van der Waals surface area contributed by atoms with Crippen LogP contribution in [-0.2, 0) is 4.79 Å². The Balaban J connectivity index is 0. The van der Waals surface area contributed by atoms with Crippen LogP contribution in [0.15, 0.2) is 12.2 Å². The van der Waals surface area contributed by atoms with Gasteiger partial charge in [-0.15, -0.1) is 12.4 Å². The van der Waals surface area contributed by atoms with Gasteiger partial charge in [0, 0.05) is 11.6 Å². The van der Waals surface area contributed by atoms with Gasteiger partial charge in [0.1, 0.15) is 0 Å². The lowest BCUT2D eigenvalue weighted by Crippen LogP contribution is -2.27. The Bertz CT molecular complexity index is 122. The Kier molecular flexibility index (Phi) is 5.45. The van der Waals surface area contributed by atoms with Crippen molar-refractivity contribution in [2.24, 2.45) is 11.5 Å². The maximum Gasteiger partial charge on any atom is 0.245 e. The molecule has 0 saturated carbocycles. The zero-order valence-corrected chi connectivity index (χ0v) is 6.07. The van der Waals surface area contributed by atoms with E-state index in [9.17, 15) is 4.79 Å². The minimum atomic E-state index is -0.528. The molecule has 0 aliphatic rings. The normalized spacial score (nSPS) is 11.3. The molecule has 0 aromatic carbocycles. The molecule has 0 spiro atoms. The molecule has 1 unspecified atom stereocenters. The average Bonchev–Trinajstić information content (AvgIpc) is 1.64. The van der Waals surface area contributed by atoms with Gasteiger partial charge in [-0.25, -0.2) is 0 Å². The maximum atomic E-state index is 10.2. The zero-order valence-electron chi connectivity index (χ0n) is 5.26. The first-order chi connectivity index (χ1) is 3.55. The second kappa shape index (κ2) is 4.35. The standard InChI is InChI=1S/C5H10N2O.ClH/c1-3(4(2)6)5(7)8;/h4H,1,6H2,2H3,(H2,7,8);1H. The first-order valence-corrected chi connectivity index (χ1v) is 2.30. The smallest absolute Gasteiger partial charge is 0.245 e. The fourth-order valence-electron chi connectivity index (χ4n) is 0.224. The number of amides is 1. The molecule has 3 nitrogen and oxygen atoms in total. The van der Waals surface area contributed by atoms with Gasteiger partial charge in [0.05, 0.1) is 0 Å². The number of hydrogen-bond donors (Lipinski definition) is 2. The average molecular weight is 151 g/mol. The molecule has 4 heteroatoms. The fourth-order valence-corrected chi connectivity index (χ4v) is 0.224. The van der Waals surface area contributed by atoms with Crippen molar-refractivity contribution < 1.29 is 4.79 Å². The van der Waals surface area contributed by atoms with Gasteiger partial charge in [-0.3, -0.25) is 4.79 Å². The van der Waals surface area contributed by atoms with E-state index in [-0.39, 0.29) is 24.0 Å². The van der Waals surface area contributed by atoms with Crippen molar-refractivity contribution in [3.8, 4) is 0 Å². The van der Waals surface area contributed by atoms with Crippen molar-refractivity contribution in [1.82, 2.24) is 0 Å². The van der Waals surface area contributed by atoms with Crippen LogP contribution in [0.4, 0.5) is 0 Å². The highest BCUT2D eigenvalue weighted by atomic mass is 35.5.